The van der Waals surface area contributed by atoms with E-state index in [9.17, 15) is 9.18 Å². The number of carboxylic acid groups (broad SMARTS) is 1. The zero-order valence-corrected chi connectivity index (χ0v) is 8.22. The molecule has 1 aliphatic rings. The fourth-order valence-electron chi connectivity index (χ4n) is 2.06. The van der Waals surface area contributed by atoms with Gasteiger partial charge in [0.1, 0.15) is 6.17 Å². The van der Waals surface area contributed by atoms with E-state index in [4.69, 9.17) is 5.11 Å². The average molecular weight is 188 g/mol. The van der Waals surface area contributed by atoms with Crippen molar-refractivity contribution in [3.8, 4) is 0 Å². The zero-order valence-electron chi connectivity index (χ0n) is 8.22. The normalized spacial score (nSPS) is 30.1. The Morgan fingerprint density at radius 3 is 2.38 bits per heavy atom. The van der Waals surface area contributed by atoms with Gasteiger partial charge in [0.05, 0.1) is 5.41 Å². The van der Waals surface area contributed by atoms with Gasteiger partial charge in [-0.05, 0) is 26.7 Å². The number of alkyl halides is 1. The van der Waals surface area contributed by atoms with Gasteiger partial charge in [-0.25, -0.2) is 4.39 Å². The van der Waals surface area contributed by atoms with Gasteiger partial charge >= 0.3 is 5.97 Å². The molecule has 0 heterocycles. The number of carboxylic acids is 1. The van der Waals surface area contributed by atoms with Crippen LogP contribution in [-0.4, -0.2) is 17.2 Å². The highest BCUT2D eigenvalue weighted by atomic mass is 19.1. The average Bonchev–Trinajstić information content (AvgIpc) is 2.04. The van der Waals surface area contributed by atoms with Crippen LogP contribution in [0.15, 0.2) is 0 Å². The number of rotatable bonds is 2. The Balaban J connectivity index is 2.73. The van der Waals surface area contributed by atoms with Crippen molar-refractivity contribution in [3.05, 3.63) is 0 Å². The summed E-state index contributed by atoms with van der Waals surface area (Å²) in [5.41, 5.74) is -0.917. The molecule has 0 spiro atoms. The highest BCUT2D eigenvalue weighted by Crippen LogP contribution is 2.40. The predicted octanol–water partition coefficient (Wildman–Crippen LogP) is 2.63. The summed E-state index contributed by atoms with van der Waals surface area (Å²) in [6.07, 6.45) is 2.16. The standard InChI is InChI=1S/C10H17FO2/c1-10(2,9(12)13)7-5-3-4-6-8(7)11/h7-8H,3-6H2,1-2H3,(H,12,13). The quantitative estimate of drug-likeness (QED) is 0.723. The van der Waals surface area contributed by atoms with Crippen molar-refractivity contribution >= 4 is 5.97 Å². The van der Waals surface area contributed by atoms with E-state index in [1.165, 1.54) is 0 Å². The van der Waals surface area contributed by atoms with E-state index < -0.39 is 17.6 Å². The fourth-order valence-corrected chi connectivity index (χ4v) is 2.06. The molecule has 0 bridgehead atoms. The van der Waals surface area contributed by atoms with Gasteiger partial charge < -0.3 is 5.11 Å². The first-order valence-electron chi connectivity index (χ1n) is 4.83. The van der Waals surface area contributed by atoms with E-state index in [2.05, 4.69) is 0 Å². The van der Waals surface area contributed by atoms with Gasteiger partial charge in [-0.15, -0.1) is 0 Å². The van der Waals surface area contributed by atoms with Crippen molar-refractivity contribution in [3.63, 3.8) is 0 Å². The summed E-state index contributed by atoms with van der Waals surface area (Å²) in [4.78, 5) is 10.9. The van der Waals surface area contributed by atoms with E-state index in [-0.39, 0.29) is 5.92 Å². The Labute approximate surface area is 78.1 Å². The molecule has 0 saturated heterocycles. The number of hydrogen-bond acceptors (Lipinski definition) is 1. The molecule has 2 unspecified atom stereocenters. The van der Waals surface area contributed by atoms with Crippen molar-refractivity contribution in [1.82, 2.24) is 0 Å². The summed E-state index contributed by atoms with van der Waals surface area (Å²) in [7, 11) is 0. The van der Waals surface area contributed by atoms with Crippen molar-refractivity contribution in [2.24, 2.45) is 11.3 Å². The second kappa shape index (κ2) is 3.64. The lowest BCUT2D eigenvalue weighted by molar-refractivity contribution is -0.152. The number of aliphatic carboxylic acids is 1. The molecule has 1 N–H and O–H groups in total. The molecule has 0 aromatic heterocycles. The lowest BCUT2D eigenvalue weighted by Gasteiger charge is -2.35. The van der Waals surface area contributed by atoms with E-state index in [1.54, 1.807) is 13.8 Å². The van der Waals surface area contributed by atoms with Crippen molar-refractivity contribution in [2.45, 2.75) is 45.7 Å². The van der Waals surface area contributed by atoms with E-state index in [0.29, 0.717) is 12.8 Å². The topological polar surface area (TPSA) is 37.3 Å². The van der Waals surface area contributed by atoms with Crippen LogP contribution in [0.25, 0.3) is 0 Å². The second-order valence-corrected chi connectivity index (χ2v) is 4.43. The third-order valence-electron chi connectivity index (χ3n) is 3.16. The van der Waals surface area contributed by atoms with Gasteiger partial charge in [0.25, 0.3) is 0 Å². The summed E-state index contributed by atoms with van der Waals surface area (Å²) >= 11 is 0. The molecule has 2 atom stereocenters. The molecule has 13 heavy (non-hydrogen) atoms. The molecule has 1 aliphatic carbocycles. The second-order valence-electron chi connectivity index (χ2n) is 4.43. The molecule has 0 amide bonds. The van der Waals surface area contributed by atoms with E-state index in [1.807, 2.05) is 0 Å². The maximum atomic E-state index is 13.4. The molecule has 1 fully saturated rings. The van der Waals surface area contributed by atoms with Gasteiger partial charge in [-0.1, -0.05) is 12.8 Å². The number of hydrogen-bond donors (Lipinski definition) is 1. The highest BCUT2D eigenvalue weighted by Gasteiger charge is 2.42. The molecular weight excluding hydrogens is 171 g/mol. The zero-order chi connectivity index (χ0) is 10.1. The smallest absolute Gasteiger partial charge is 0.309 e. The Bertz CT molecular complexity index is 201. The minimum atomic E-state index is -0.931. The fraction of sp³-hybridized carbons (Fsp3) is 0.900. The van der Waals surface area contributed by atoms with Crippen molar-refractivity contribution in [1.29, 1.82) is 0 Å². The van der Waals surface area contributed by atoms with Crippen LogP contribution < -0.4 is 0 Å². The molecule has 0 aromatic rings. The Morgan fingerprint density at radius 2 is 1.92 bits per heavy atom. The third-order valence-corrected chi connectivity index (χ3v) is 3.16. The summed E-state index contributed by atoms with van der Waals surface area (Å²) in [5.74, 6) is -1.19. The Morgan fingerprint density at radius 1 is 1.38 bits per heavy atom. The van der Waals surface area contributed by atoms with Crippen LogP contribution in [0.4, 0.5) is 4.39 Å². The molecule has 3 heteroatoms. The Kier molecular flexibility index (Phi) is 2.94. The first kappa shape index (κ1) is 10.5. The summed E-state index contributed by atoms with van der Waals surface area (Å²) in [5, 5.41) is 8.94. The van der Waals surface area contributed by atoms with E-state index in [0.717, 1.165) is 12.8 Å². The predicted molar refractivity (Wildman–Crippen MR) is 48.3 cm³/mol. The molecule has 2 nitrogen and oxygen atoms in total. The van der Waals surface area contributed by atoms with Crippen LogP contribution in [0.3, 0.4) is 0 Å². The van der Waals surface area contributed by atoms with Gasteiger partial charge in [-0.3, -0.25) is 4.79 Å². The monoisotopic (exact) mass is 188 g/mol. The molecule has 1 saturated carbocycles. The van der Waals surface area contributed by atoms with Gasteiger partial charge in [0, 0.05) is 5.92 Å². The van der Waals surface area contributed by atoms with Gasteiger partial charge in [0.2, 0.25) is 0 Å². The molecule has 0 aromatic carbocycles. The van der Waals surface area contributed by atoms with E-state index >= 15 is 0 Å². The van der Waals surface area contributed by atoms with Crippen molar-refractivity contribution < 1.29 is 14.3 Å². The molecule has 0 radical (unpaired) electrons. The van der Waals surface area contributed by atoms with Crippen LogP contribution >= 0.6 is 0 Å². The molecule has 1 rings (SSSR count). The maximum Gasteiger partial charge on any atom is 0.309 e. The van der Waals surface area contributed by atoms with Crippen LogP contribution in [0.5, 0.6) is 0 Å². The SMILES string of the molecule is CC(C)(C(=O)O)C1CCCCC1F. The Hall–Kier alpha value is -0.600. The van der Waals surface area contributed by atoms with Crippen LogP contribution in [0, 0.1) is 11.3 Å². The minimum absolute atomic E-state index is 0.307. The summed E-state index contributed by atoms with van der Waals surface area (Å²) < 4.78 is 13.4. The van der Waals surface area contributed by atoms with Crippen LogP contribution in [-0.2, 0) is 4.79 Å². The molecule has 76 valence electrons. The lowest BCUT2D eigenvalue weighted by Crippen LogP contribution is -2.39. The highest BCUT2D eigenvalue weighted by molar-refractivity contribution is 5.74. The maximum absolute atomic E-state index is 13.4. The first-order chi connectivity index (χ1) is 5.96. The number of halogens is 1. The summed E-state index contributed by atoms with van der Waals surface area (Å²) in [6, 6.07) is 0. The van der Waals surface area contributed by atoms with Crippen LogP contribution in [0.2, 0.25) is 0 Å². The number of carbonyl (C=O) groups is 1. The van der Waals surface area contributed by atoms with Gasteiger partial charge in [0.15, 0.2) is 0 Å². The van der Waals surface area contributed by atoms with Gasteiger partial charge in [-0.2, -0.15) is 0 Å². The first-order valence-corrected chi connectivity index (χ1v) is 4.83. The third kappa shape index (κ3) is 2.01. The largest absolute Gasteiger partial charge is 0.481 e. The van der Waals surface area contributed by atoms with Crippen LogP contribution in [0.1, 0.15) is 39.5 Å². The molecule has 0 aliphatic heterocycles. The summed E-state index contributed by atoms with van der Waals surface area (Å²) in [6.45, 7) is 3.25. The van der Waals surface area contributed by atoms with Crippen molar-refractivity contribution in [2.75, 3.05) is 0 Å². The minimum Gasteiger partial charge on any atom is -0.481 e. The molecular formula is C10H17FO2. The lowest BCUT2D eigenvalue weighted by atomic mass is 9.70.